The van der Waals surface area contributed by atoms with Crippen molar-refractivity contribution in [2.75, 3.05) is 13.2 Å². The molecule has 7 nitrogen and oxygen atoms in total. The SMILES string of the molecule is O=C(NC1(C(=O)NCC2CCCCC2C(=O)O)CC1)OCC1c2ccccc2-c2ccccc21. The zero-order valence-electron chi connectivity index (χ0n) is 19.1. The van der Waals surface area contributed by atoms with Crippen LogP contribution in [0.3, 0.4) is 0 Å². The van der Waals surface area contributed by atoms with Crippen molar-refractivity contribution in [3.63, 3.8) is 0 Å². The number of fused-ring (bicyclic) bond motifs is 3. The van der Waals surface area contributed by atoms with Gasteiger partial charge in [-0.2, -0.15) is 0 Å². The van der Waals surface area contributed by atoms with Crippen molar-refractivity contribution in [2.24, 2.45) is 11.8 Å². The summed E-state index contributed by atoms with van der Waals surface area (Å²) in [7, 11) is 0. The minimum atomic E-state index is -0.948. The Morgan fingerprint density at radius 2 is 1.56 bits per heavy atom. The molecule has 0 bridgehead atoms. The van der Waals surface area contributed by atoms with Gasteiger partial charge < -0.3 is 20.5 Å². The summed E-state index contributed by atoms with van der Waals surface area (Å²) in [5.41, 5.74) is 3.64. The van der Waals surface area contributed by atoms with Crippen molar-refractivity contribution in [1.82, 2.24) is 10.6 Å². The number of amides is 2. The molecule has 2 fully saturated rings. The van der Waals surface area contributed by atoms with Crippen LogP contribution < -0.4 is 10.6 Å². The largest absolute Gasteiger partial charge is 0.481 e. The molecule has 2 saturated carbocycles. The topological polar surface area (TPSA) is 105 Å². The molecule has 0 spiro atoms. The summed E-state index contributed by atoms with van der Waals surface area (Å²) >= 11 is 0. The van der Waals surface area contributed by atoms with Gasteiger partial charge in [-0.15, -0.1) is 0 Å². The summed E-state index contributed by atoms with van der Waals surface area (Å²) in [6.07, 6.45) is 3.84. The van der Waals surface area contributed by atoms with E-state index < -0.39 is 23.5 Å². The van der Waals surface area contributed by atoms with Crippen LogP contribution in [-0.2, 0) is 14.3 Å². The van der Waals surface area contributed by atoms with Gasteiger partial charge in [0.1, 0.15) is 12.1 Å². The number of hydrogen-bond acceptors (Lipinski definition) is 4. The average Bonchev–Trinajstić information content (AvgIpc) is 3.56. The van der Waals surface area contributed by atoms with E-state index in [1.165, 1.54) is 0 Å². The number of carbonyl (C=O) groups excluding carboxylic acids is 2. The fourth-order valence-corrected chi connectivity index (χ4v) is 5.53. The maximum atomic E-state index is 12.8. The minimum absolute atomic E-state index is 0.0404. The molecule has 34 heavy (non-hydrogen) atoms. The number of alkyl carbamates (subject to hydrolysis) is 1. The van der Waals surface area contributed by atoms with Crippen LogP contribution in [0.25, 0.3) is 11.1 Å². The van der Waals surface area contributed by atoms with E-state index in [9.17, 15) is 19.5 Å². The molecule has 178 valence electrons. The molecule has 2 amide bonds. The van der Waals surface area contributed by atoms with Crippen molar-refractivity contribution < 1.29 is 24.2 Å². The van der Waals surface area contributed by atoms with Gasteiger partial charge in [-0.3, -0.25) is 9.59 Å². The second-order valence-corrected chi connectivity index (χ2v) is 9.73. The van der Waals surface area contributed by atoms with Crippen molar-refractivity contribution >= 4 is 18.0 Å². The monoisotopic (exact) mass is 462 g/mol. The van der Waals surface area contributed by atoms with Gasteiger partial charge in [-0.1, -0.05) is 61.4 Å². The van der Waals surface area contributed by atoms with E-state index in [4.69, 9.17) is 4.74 Å². The van der Waals surface area contributed by atoms with Crippen LogP contribution in [0.2, 0.25) is 0 Å². The van der Waals surface area contributed by atoms with Gasteiger partial charge in [0.25, 0.3) is 0 Å². The minimum Gasteiger partial charge on any atom is -0.481 e. The first-order valence-electron chi connectivity index (χ1n) is 12.1. The fourth-order valence-electron chi connectivity index (χ4n) is 5.53. The molecule has 2 atom stereocenters. The molecule has 3 aliphatic rings. The van der Waals surface area contributed by atoms with Gasteiger partial charge in [0, 0.05) is 12.5 Å². The number of ether oxygens (including phenoxy) is 1. The van der Waals surface area contributed by atoms with Crippen LogP contribution in [0.4, 0.5) is 4.79 Å². The zero-order valence-corrected chi connectivity index (χ0v) is 19.1. The standard InChI is InChI=1S/C27H30N2O5/c30-24(31)18-8-2-1-7-17(18)15-28-25(32)27(13-14-27)29-26(33)34-16-23-21-11-5-3-9-19(21)20-10-4-6-12-22(20)23/h3-6,9-12,17-18,23H,1-2,7-8,13-16H2,(H,28,32)(H,29,33)(H,30,31). The smallest absolute Gasteiger partial charge is 0.408 e. The Balaban J connectivity index is 1.17. The van der Waals surface area contributed by atoms with Crippen LogP contribution in [0, 0.1) is 11.8 Å². The van der Waals surface area contributed by atoms with E-state index in [0.29, 0.717) is 25.8 Å². The highest BCUT2D eigenvalue weighted by atomic mass is 16.5. The second kappa shape index (κ2) is 9.12. The van der Waals surface area contributed by atoms with Crippen molar-refractivity contribution in [1.29, 1.82) is 0 Å². The summed E-state index contributed by atoms with van der Waals surface area (Å²) in [6, 6.07) is 16.3. The Morgan fingerprint density at radius 1 is 0.941 bits per heavy atom. The Labute approximate surface area is 198 Å². The lowest BCUT2D eigenvalue weighted by Crippen LogP contribution is -2.51. The first-order chi connectivity index (χ1) is 16.5. The van der Waals surface area contributed by atoms with Crippen LogP contribution in [-0.4, -0.2) is 41.8 Å². The third kappa shape index (κ3) is 4.27. The summed E-state index contributed by atoms with van der Waals surface area (Å²) in [4.78, 5) is 37.0. The van der Waals surface area contributed by atoms with Gasteiger partial charge in [0.2, 0.25) is 5.91 Å². The molecule has 0 heterocycles. The molecule has 2 aromatic rings. The Hall–Kier alpha value is -3.35. The van der Waals surface area contributed by atoms with Crippen LogP contribution in [0.1, 0.15) is 55.6 Å². The van der Waals surface area contributed by atoms with Gasteiger partial charge in [0.05, 0.1) is 5.92 Å². The number of nitrogens with one attached hydrogen (secondary N) is 2. The number of carboxylic acid groups (broad SMARTS) is 1. The summed E-state index contributed by atoms with van der Waals surface area (Å²) in [5, 5.41) is 15.1. The molecular formula is C27H30N2O5. The molecule has 5 rings (SSSR count). The number of rotatable bonds is 7. The third-order valence-corrected chi connectivity index (χ3v) is 7.62. The van der Waals surface area contributed by atoms with Crippen LogP contribution in [0.15, 0.2) is 48.5 Å². The highest BCUT2D eigenvalue weighted by Gasteiger charge is 2.52. The van der Waals surface area contributed by atoms with Gasteiger partial charge >= 0.3 is 12.1 Å². The molecule has 2 unspecified atom stereocenters. The Kier molecular flexibility index (Phi) is 6.02. The van der Waals surface area contributed by atoms with E-state index in [-0.39, 0.29) is 24.3 Å². The predicted molar refractivity (Wildman–Crippen MR) is 126 cm³/mol. The Morgan fingerprint density at radius 3 is 2.18 bits per heavy atom. The first kappa shape index (κ1) is 22.4. The van der Waals surface area contributed by atoms with Crippen molar-refractivity contribution in [3.05, 3.63) is 59.7 Å². The molecule has 2 aromatic carbocycles. The molecule has 0 aliphatic heterocycles. The Bertz CT molecular complexity index is 1060. The van der Waals surface area contributed by atoms with Gasteiger partial charge in [0.15, 0.2) is 0 Å². The predicted octanol–water partition coefficient (Wildman–Crippen LogP) is 4.06. The van der Waals surface area contributed by atoms with E-state index in [0.717, 1.165) is 41.5 Å². The van der Waals surface area contributed by atoms with Gasteiger partial charge in [-0.25, -0.2) is 4.79 Å². The number of carbonyl (C=O) groups is 3. The summed E-state index contributed by atoms with van der Waals surface area (Å²) in [6.45, 7) is 0.518. The van der Waals surface area contributed by atoms with E-state index in [1.807, 2.05) is 24.3 Å². The van der Waals surface area contributed by atoms with Crippen molar-refractivity contribution in [2.45, 2.75) is 50.0 Å². The molecular weight excluding hydrogens is 432 g/mol. The molecule has 3 N–H and O–H groups in total. The highest BCUT2D eigenvalue weighted by molar-refractivity contribution is 5.92. The summed E-state index contributed by atoms with van der Waals surface area (Å²) in [5.74, 6) is -1.58. The normalized spacial score (nSPS) is 22.2. The van der Waals surface area contributed by atoms with Crippen molar-refractivity contribution in [3.8, 4) is 11.1 Å². The molecule has 0 saturated heterocycles. The lowest BCUT2D eigenvalue weighted by atomic mass is 9.79. The molecule has 3 aliphatic carbocycles. The lowest BCUT2D eigenvalue weighted by molar-refractivity contribution is -0.145. The third-order valence-electron chi connectivity index (χ3n) is 7.62. The lowest BCUT2D eigenvalue weighted by Gasteiger charge is -2.29. The average molecular weight is 463 g/mol. The number of aliphatic carboxylic acids is 1. The van der Waals surface area contributed by atoms with E-state index in [2.05, 4.69) is 34.9 Å². The highest BCUT2D eigenvalue weighted by Crippen LogP contribution is 2.44. The quantitative estimate of drug-likeness (QED) is 0.576. The molecule has 0 radical (unpaired) electrons. The second-order valence-electron chi connectivity index (χ2n) is 9.73. The first-order valence-corrected chi connectivity index (χ1v) is 12.1. The fraction of sp³-hybridized carbons (Fsp3) is 0.444. The molecule has 7 heteroatoms. The summed E-state index contributed by atoms with van der Waals surface area (Å²) < 4.78 is 5.60. The van der Waals surface area contributed by atoms with E-state index in [1.54, 1.807) is 0 Å². The van der Waals surface area contributed by atoms with Crippen LogP contribution in [0.5, 0.6) is 0 Å². The van der Waals surface area contributed by atoms with E-state index >= 15 is 0 Å². The molecule has 0 aromatic heterocycles. The number of carboxylic acids is 1. The number of hydrogen-bond donors (Lipinski definition) is 3. The maximum Gasteiger partial charge on any atom is 0.408 e. The zero-order chi connectivity index (χ0) is 23.7. The van der Waals surface area contributed by atoms with Crippen LogP contribution >= 0.6 is 0 Å². The number of benzene rings is 2. The van der Waals surface area contributed by atoms with Gasteiger partial charge in [-0.05, 0) is 53.9 Å². The maximum absolute atomic E-state index is 12.8.